The monoisotopic (exact) mass is 448 g/mol. The molecule has 0 aliphatic carbocycles. The number of phenols is 1. The summed E-state index contributed by atoms with van der Waals surface area (Å²) in [5, 5.41) is 23.3. The van der Waals surface area contributed by atoms with Crippen LogP contribution in [0.15, 0.2) is 66.2 Å². The van der Waals surface area contributed by atoms with Gasteiger partial charge in [-0.3, -0.25) is 9.59 Å². The predicted octanol–water partition coefficient (Wildman–Crippen LogP) is 4.06. The van der Waals surface area contributed by atoms with E-state index in [1.54, 1.807) is 24.3 Å². The first kappa shape index (κ1) is 22.5. The minimum atomic E-state index is -1.10. The summed E-state index contributed by atoms with van der Waals surface area (Å²) in [5.74, 6) is -3.03. The Morgan fingerprint density at radius 2 is 1.73 bits per heavy atom. The van der Waals surface area contributed by atoms with E-state index in [0.717, 1.165) is 5.39 Å². The molecule has 1 amide bonds. The van der Waals surface area contributed by atoms with E-state index in [0.29, 0.717) is 18.4 Å². The largest absolute Gasteiger partial charge is 0.507 e. The maximum atomic E-state index is 14.8. The zero-order valence-electron chi connectivity index (χ0n) is 18.5. The summed E-state index contributed by atoms with van der Waals surface area (Å²) in [6.45, 7) is 0.876. The van der Waals surface area contributed by atoms with Crippen LogP contribution in [-0.4, -0.2) is 58.9 Å². The number of hydrogen-bond donors (Lipinski definition) is 2. The highest BCUT2D eigenvalue weighted by atomic mass is 19.1. The number of fused-ring (bicyclic) bond motifs is 1. The van der Waals surface area contributed by atoms with E-state index in [1.807, 2.05) is 31.1 Å². The zero-order valence-corrected chi connectivity index (χ0v) is 18.5. The van der Waals surface area contributed by atoms with Crippen LogP contribution in [0.5, 0.6) is 5.75 Å². The Labute approximate surface area is 191 Å². The van der Waals surface area contributed by atoms with Gasteiger partial charge in [-0.15, -0.1) is 0 Å². The van der Waals surface area contributed by atoms with Crippen molar-refractivity contribution in [3.8, 4) is 5.75 Å². The lowest BCUT2D eigenvalue weighted by molar-refractivity contribution is -0.140. The Morgan fingerprint density at radius 1 is 1.03 bits per heavy atom. The number of aromatic hydroxyl groups is 1. The minimum absolute atomic E-state index is 0.0151. The lowest BCUT2D eigenvalue weighted by Crippen LogP contribution is -2.32. The van der Waals surface area contributed by atoms with E-state index in [4.69, 9.17) is 0 Å². The molecule has 1 aliphatic rings. The maximum Gasteiger partial charge on any atom is 0.295 e. The fourth-order valence-electron chi connectivity index (χ4n) is 4.28. The summed E-state index contributed by atoms with van der Waals surface area (Å²) in [6.07, 6.45) is 0.562. The molecule has 1 fully saturated rings. The van der Waals surface area contributed by atoms with Gasteiger partial charge in [-0.1, -0.05) is 48.5 Å². The van der Waals surface area contributed by atoms with Crippen molar-refractivity contribution < 1.29 is 24.2 Å². The van der Waals surface area contributed by atoms with Crippen LogP contribution in [0.4, 0.5) is 4.39 Å². The maximum absolute atomic E-state index is 14.8. The van der Waals surface area contributed by atoms with Crippen molar-refractivity contribution in [2.45, 2.75) is 12.5 Å². The van der Waals surface area contributed by atoms with Crippen LogP contribution in [-0.2, 0) is 9.59 Å². The average Bonchev–Trinajstić information content (AvgIpc) is 3.04. The van der Waals surface area contributed by atoms with Gasteiger partial charge >= 0.3 is 0 Å². The molecule has 1 atom stereocenters. The lowest BCUT2D eigenvalue weighted by Gasteiger charge is -2.26. The Bertz CT molecular complexity index is 1270. The van der Waals surface area contributed by atoms with E-state index in [2.05, 4.69) is 0 Å². The van der Waals surface area contributed by atoms with Gasteiger partial charge in [0.2, 0.25) is 0 Å². The quantitative estimate of drug-likeness (QED) is 0.338. The molecule has 4 rings (SSSR count). The third kappa shape index (κ3) is 4.07. The first-order valence-electron chi connectivity index (χ1n) is 10.7. The summed E-state index contributed by atoms with van der Waals surface area (Å²) in [7, 11) is 3.79. The molecule has 2 N–H and O–H groups in total. The van der Waals surface area contributed by atoms with Gasteiger partial charge in [-0.05, 0) is 44.6 Å². The Kier molecular flexibility index (Phi) is 6.16. The number of carbonyl (C=O) groups excluding carboxylic acids is 2. The van der Waals surface area contributed by atoms with Gasteiger partial charge < -0.3 is 20.0 Å². The molecule has 0 saturated carbocycles. The highest BCUT2D eigenvalue weighted by molar-refractivity contribution is 6.46. The molecule has 0 spiro atoms. The Balaban J connectivity index is 1.88. The average molecular weight is 448 g/mol. The van der Waals surface area contributed by atoms with Crippen molar-refractivity contribution in [3.05, 3.63) is 83.2 Å². The molecule has 0 bridgehead atoms. The topological polar surface area (TPSA) is 81.1 Å². The molecule has 33 heavy (non-hydrogen) atoms. The van der Waals surface area contributed by atoms with E-state index < -0.39 is 29.3 Å². The van der Waals surface area contributed by atoms with Gasteiger partial charge in [0.25, 0.3) is 11.7 Å². The van der Waals surface area contributed by atoms with Crippen molar-refractivity contribution >= 4 is 28.2 Å². The van der Waals surface area contributed by atoms with Crippen molar-refractivity contribution in [1.82, 2.24) is 9.80 Å². The number of Topliss-reactive ketones (excluding diaryl/α,β-unsaturated/α-hetero) is 1. The number of carbonyl (C=O) groups is 2. The first-order valence-corrected chi connectivity index (χ1v) is 10.7. The van der Waals surface area contributed by atoms with E-state index in [1.165, 1.54) is 29.2 Å². The van der Waals surface area contributed by atoms with Gasteiger partial charge in [-0.25, -0.2) is 4.39 Å². The molecule has 3 aromatic rings. The third-order valence-electron chi connectivity index (χ3n) is 5.90. The number of likely N-dealkylation sites (tertiary alicyclic amines) is 1. The number of ketones is 1. The van der Waals surface area contributed by atoms with Crippen LogP contribution in [0.3, 0.4) is 0 Å². The summed E-state index contributed by atoms with van der Waals surface area (Å²) in [4.78, 5) is 29.3. The number of rotatable bonds is 6. The van der Waals surface area contributed by atoms with Gasteiger partial charge in [0, 0.05) is 17.5 Å². The van der Waals surface area contributed by atoms with Crippen LogP contribution >= 0.6 is 0 Å². The van der Waals surface area contributed by atoms with E-state index in [9.17, 15) is 24.2 Å². The highest BCUT2D eigenvalue weighted by Crippen LogP contribution is 2.42. The number of aliphatic hydroxyl groups is 1. The number of halogens is 1. The molecule has 3 aromatic carbocycles. The molecule has 0 radical (unpaired) electrons. The first-order chi connectivity index (χ1) is 15.8. The van der Waals surface area contributed by atoms with Gasteiger partial charge in [0.1, 0.15) is 17.3 Å². The molecular weight excluding hydrogens is 423 g/mol. The number of benzene rings is 3. The molecule has 1 aliphatic heterocycles. The standard InChI is InChI=1S/C26H25FN2O4/c1-28(2)14-7-15-29-22(18-10-5-6-11-20(18)27)21(25(32)26(29)33)24(31)19-13-12-16-8-3-4-9-17(16)23(19)30/h3-6,8-13,22,30-31H,7,14-15H2,1-2H3/b24-21+. The van der Waals surface area contributed by atoms with Gasteiger partial charge in [0.05, 0.1) is 17.2 Å². The fraction of sp³-hybridized carbons (Fsp3) is 0.231. The van der Waals surface area contributed by atoms with Gasteiger partial charge in [-0.2, -0.15) is 0 Å². The Morgan fingerprint density at radius 3 is 2.45 bits per heavy atom. The van der Waals surface area contributed by atoms with Crippen LogP contribution in [0.25, 0.3) is 16.5 Å². The second-order valence-electron chi connectivity index (χ2n) is 8.35. The van der Waals surface area contributed by atoms with E-state index in [-0.39, 0.29) is 29.0 Å². The summed E-state index contributed by atoms with van der Waals surface area (Å²) in [6, 6.07) is 15.0. The predicted molar refractivity (Wildman–Crippen MR) is 124 cm³/mol. The van der Waals surface area contributed by atoms with Crippen LogP contribution < -0.4 is 0 Å². The van der Waals surface area contributed by atoms with Crippen molar-refractivity contribution in [3.63, 3.8) is 0 Å². The number of hydrogen-bond acceptors (Lipinski definition) is 5. The highest BCUT2D eigenvalue weighted by Gasteiger charge is 2.46. The smallest absolute Gasteiger partial charge is 0.295 e. The third-order valence-corrected chi connectivity index (χ3v) is 5.90. The number of aliphatic hydroxyl groups excluding tert-OH is 1. The molecule has 1 unspecified atom stereocenters. The molecule has 170 valence electrons. The number of amides is 1. The Hall–Kier alpha value is -3.71. The minimum Gasteiger partial charge on any atom is -0.507 e. The zero-order chi connectivity index (χ0) is 23.7. The van der Waals surface area contributed by atoms with Gasteiger partial charge in [0.15, 0.2) is 0 Å². The molecule has 0 aromatic heterocycles. The number of phenolic OH excluding ortho intramolecular Hbond substituents is 1. The van der Waals surface area contributed by atoms with Crippen molar-refractivity contribution in [1.29, 1.82) is 0 Å². The molecule has 1 heterocycles. The summed E-state index contributed by atoms with van der Waals surface area (Å²) >= 11 is 0. The molecule has 6 nitrogen and oxygen atoms in total. The lowest BCUT2D eigenvalue weighted by atomic mass is 9.93. The molecule has 1 saturated heterocycles. The molecular formula is C26H25FN2O4. The summed E-state index contributed by atoms with van der Waals surface area (Å²) in [5.41, 5.74) is -0.106. The van der Waals surface area contributed by atoms with Crippen LogP contribution in [0.2, 0.25) is 0 Å². The normalized spacial score (nSPS) is 17.9. The van der Waals surface area contributed by atoms with E-state index >= 15 is 0 Å². The van der Waals surface area contributed by atoms with Crippen molar-refractivity contribution in [2.24, 2.45) is 0 Å². The molecule has 7 heteroatoms. The second kappa shape index (κ2) is 9.03. The SMILES string of the molecule is CN(C)CCCN1C(=O)C(=O)/C(=C(/O)c2ccc3ccccc3c2O)C1c1ccccc1F. The number of nitrogens with zero attached hydrogens (tertiary/aromatic N) is 2. The van der Waals surface area contributed by atoms with Crippen LogP contribution in [0, 0.1) is 5.82 Å². The summed E-state index contributed by atoms with van der Waals surface area (Å²) < 4.78 is 14.8. The van der Waals surface area contributed by atoms with Crippen molar-refractivity contribution in [2.75, 3.05) is 27.2 Å². The fourth-order valence-corrected chi connectivity index (χ4v) is 4.28. The van der Waals surface area contributed by atoms with Crippen LogP contribution in [0.1, 0.15) is 23.6 Å². The second-order valence-corrected chi connectivity index (χ2v) is 8.35.